The molecule has 5 heterocycles. The molecule has 0 aromatic carbocycles. The van der Waals surface area contributed by atoms with Crippen LogP contribution in [-0.2, 0) is 6.42 Å². The van der Waals surface area contributed by atoms with Crippen molar-refractivity contribution >= 4 is 11.0 Å². The Morgan fingerprint density at radius 2 is 1.96 bits per heavy atom. The second-order valence-electron chi connectivity index (χ2n) is 7.26. The Kier molecular flexibility index (Phi) is 4.37. The summed E-state index contributed by atoms with van der Waals surface area (Å²) in [6.07, 6.45) is 12.7. The van der Waals surface area contributed by atoms with Crippen molar-refractivity contribution in [2.45, 2.75) is 32.2 Å². The largest absolute Gasteiger partial charge is 0.345 e. The van der Waals surface area contributed by atoms with Gasteiger partial charge in [-0.05, 0) is 44.5 Å². The Morgan fingerprint density at radius 1 is 1.07 bits per heavy atom. The molecule has 1 aliphatic rings. The molecule has 5 rings (SSSR count). The third-order valence-corrected chi connectivity index (χ3v) is 5.51. The van der Waals surface area contributed by atoms with E-state index in [4.69, 9.17) is 0 Å². The summed E-state index contributed by atoms with van der Waals surface area (Å²) in [6, 6.07) is 4.69. The summed E-state index contributed by atoms with van der Waals surface area (Å²) >= 11 is 0. The highest BCUT2D eigenvalue weighted by Crippen LogP contribution is 2.30. The Balaban J connectivity index is 1.52. The van der Waals surface area contributed by atoms with E-state index >= 15 is 0 Å². The number of piperidine rings is 1. The van der Waals surface area contributed by atoms with Gasteiger partial charge in [-0.25, -0.2) is 15.0 Å². The highest BCUT2D eigenvalue weighted by Gasteiger charge is 2.17. The molecule has 142 valence electrons. The third kappa shape index (κ3) is 3.07. The van der Waals surface area contributed by atoms with E-state index in [1.807, 2.05) is 24.7 Å². The zero-order valence-corrected chi connectivity index (χ0v) is 15.9. The van der Waals surface area contributed by atoms with E-state index in [1.54, 1.807) is 6.33 Å². The molecule has 0 atom stereocenters. The van der Waals surface area contributed by atoms with Crippen LogP contribution in [0.3, 0.4) is 0 Å². The van der Waals surface area contributed by atoms with Crippen molar-refractivity contribution in [1.29, 1.82) is 0 Å². The van der Waals surface area contributed by atoms with Gasteiger partial charge in [0, 0.05) is 46.4 Å². The monoisotopic (exact) mass is 373 g/mol. The number of H-pyrrole nitrogens is 1. The number of aryl methyl sites for hydroxylation is 1. The summed E-state index contributed by atoms with van der Waals surface area (Å²) in [7, 11) is 0. The molecule has 4 aromatic heterocycles. The Bertz CT molecular complexity index is 1100. The lowest BCUT2D eigenvalue weighted by atomic mass is 10.1. The number of pyridine rings is 1. The van der Waals surface area contributed by atoms with Gasteiger partial charge in [-0.3, -0.25) is 4.68 Å². The minimum absolute atomic E-state index is 0.475. The van der Waals surface area contributed by atoms with Crippen LogP contribution in [0, 0.1) is 0 Å². The molecule has 1 saturated heterocycles. The number of aromatic amines is 1. The van der Waals surface area contributed by atoms with Gasteiger partial charge < -0.3 is 10.3 Å². The van der Waals surface area contributed by atoms with Crippen LogP contribution in [0.4, 0.5) is 0 Å². The van der Waals surface area contributed by atoms with Crippen molar-refractivity contribution in [2.75, 3.05) is 13.1 Å². The van der Waals surface area contributed by atoms with Crippen LogP contribution in [0.1, 0.15) is 31.5 Å². The molecule has 0 aliphatic carbocycles. The van der Waals surface area contributed by atoms with Crippen molar-refractivity contribution in [3.8, 4) is 22.4 Å². The van der Waals surface area contributed by atoms with E-state index in [2.05, 4.69) is 54.2 Å². The van der Waals surface area contributed by atoms with Crippen LogP contribution < -0.4 is 5.32 Å². The van der Waals surface area contributed by atoms with E-state index in [0.717, 1.165) is 71.5 Å². The molecule has 0 bridgehead atoms. The third-order valence-electron chi connectivity index (χ3n) is 5.51. The van der Waals surface area contributed by atoms with Gasteiger partial charge in [0.25, 0.3) is 0 Å². The molecule has 0 radical (unpaired) electrons. The van der Waals surface area contributed by atoms with Crippen LogP contribution in [0.15, 0.2) is 43.2 Å². The molecule has 2 N–H and O–H groups in total. The fourth-order valence-electron chi connectivity index (χ4n) is 3.87. The number of nitrogens with zero attached hydrogens (tertiary/aromatic N) is 5. The first-order valence-corrected chi connectivity index (χ1v) is 9.85. The van der Waals surface area contributed by atoms with Gasteiger partial charge in [-0.2, -0.15) is 5.10 Å². The number of nitrogens with one attached hydrogen (secondary N) is 2. The molecule has 28 heavy (non-hydrogen) atoms. The lowest BCUT2D eigenvalue weighted by Gasteiger charge is -2.22. The van der Waals surface area contributed by atoms with E-state index in [-0.39, 0.29) is 0 Å². The average Bonchev–Trinajstić information content (AvgIpc) is 3.41. The fourth-order valence-corrected chi connectivity index (χ4v) is 3.87. The van der Waals surface area contributed by atoms with E-state index in [1.165, 1.54) is 0 Å². The lowest BCUT2D eigenvalue weighted by molar-refractivity contribution is 0.343. The first-order chi connectivity index (χ1) is 13.8. The maximum atomic E-state index is 4.62. The molecule has 4 aromatic rings. The summed E-state index contributed by atoms with van der Waals surface area (Å²) < 4.78 is 2.11. The first-order valence-electron chi connectivity index (χ1n) is 9.85. The number of hydrogen-bond donors (Lipinski definition) is 2. The summed E-state index contributed by atoms with van der Waals surface area (Å²) in [4.78, 5) is 16.7. The maximum absolute atomic E-state index is 4.62. The minimum atomic E-state index is 0.475. The summed E-state index contributed by atoms with van der Waals surface area (Å²) in [5, 5.41) is 9.09. The van der Waals surface area contributed by atoms with Crippen LogP contribution in [-0.4, -0.2) is 42.8 Å². The van der Waals surface area contributed by atoms with E-state index in [9.17, 15) is 0 Å². The topological polar surface area (TPSA) is 84.3 Å². The Labute approximate surface area is 163 Å². The van der Waals surface area contributed by atoms with Crippen molar-refractivity contribution in [3.63, 3.8) is 0 Å². The molecule has 1 aliphatic heterocycles. The number of hydrogen-bond acceptors (Lipinski definition) is 5. The van der Waals surface area contributed by atoms with Crippen molar-refractivity contribution in [1.82, 2.24) is 35.0 Å². The predicted molar refractivity (Wildman–Crippen MR) is 109 cm³/mol. The second-order valence-corrected chi connectivity index (χ2v) is 7.26. The van der Waals surface area contributed by atoms with Crippen molar-refractivity contribution in [3.05, 3.63) is 48.9 Å². The normalized spacial score (nSPS) is 15.3. The standard InChI is InChI=1S/C21H23N7/c1-2-16-8-20(26-13-25-16)19-11-24-21-18(19)7-14(9-23-21)15-10-27-28(12-15)17-3-5-22-6-4-17/h7-13,17,22H,2-6H2,1H3,(H,23,24). The smallest absolute Gasteiger partial charge is 0.137 e. The Morgan fingerprint density at radius 3 is 2.82 bits per heavy atom. The highest BCUT2D eigenvalue weighted by molar-refractivity contribution is 5.94. The van der Waals surface area contributed by atoms with Crippen LogP contribution in [0.25, 0.3) is 33.4 Å². The summed E-state index contributed by atoms with van der Waals surface area (Å²) in [5.74, 6) is 0. The quantitative estimate of drug-likeness (QED) is 0.573. The summed E-state index contributed by atoms with van der Waals surface area (Å²) in [5.41, 5.74) is 6.03. The zero-order valence-electron chi connectivity index (χ0n) is 15.9. The molecular weight excluding hydrogens is 350 g/mol. The molecule has 7 nitrogen and oxygen atoms in total. The highest BCUT2D eigenvalue weighted by atomic mass is 15.3. The van der Waals surface area contributed by atoms with Gasteiger partial charge in [0.1, 0.15) is 12.0 Å². The Hall–Kier alpha value is -3.06. The second kappa shape index (κ2) is 7.16. The molecule has 0 spiro atoms. The van der Waals surface area contributed by atoms with Gasteiger partial charge in [0.15, 0.2) is 0 Å². The summed E-state index contributed by atoms with van der Waals surface area (Å²) in [6.45, 7) is 4.21. The molecule has 0 unspecified atom stereocenters. The van der Waals surface area contributed by atoms with Crippen LogP contribution in [0.5, 0.6) is 0 Å². The maximum Gasteiger partial charge on any atom is 0.137 e. The van der Waals surface area contributed by atoms with Gasteiger partial charge >= 0.3 is 0 Å². The molecule has 7 heteroatoms. The average molecular weight is 373 g/mol. The predicted octanol–water partition coefficient (Wildman–Crippen LogP) is 3.37. The lowest BCUT2D eigenvalue weighted by Crippen LogP contribution is -2.29. The molecule has 0 saturated carbocycles. The molecule has 1 fully saturated rings. The molecule has 0 amide bonds. The van der Waals surface area contributed by atoms with Crippen LogP contribution >= 0.6 is 0 Å². The zero-order chi connectivity index (χ0) is 18.9. The fraction of sp³-hybridized carbons (Fsp3) is 0.333. The molecular formula is C21H23N7. The van der Waals surface area contributed by atoms with Crippen molar-refractivity contribution in [2.24, 2.45) is 0 Å². The van der Waals surface area contributed by atoms with Gasteiger partial charge in [0.05, 0.1) is 17.9 Å². The minimum Gasteiger partial charge on any atom is -0.345 e. The van der Waals surface area contributed by atoms with Gasteiger partial charge in [0.2, 0.25) is 0 Å². The van der Waals surface area contributed by atoms with Crippen molar-refractivity contribution < 1.29 is 0 Å². The van der Waals surface area contributed by atoms with Crippen LogP contribution in [0.2, 0.25) is 0 Å². The van der Waals surface area contributed by atoms with Gasteiger partial charge in [-0.15, -0.1) is 0 Å². The first kappa shape index (κ1) is 17.1. The van der Waals surface area contributed by atoms with E-state index in [0.29, 0.717) is 6.04 Å². The number of aromatic nitrogens is 6. The number of fused-ring (bicyclic) bond motifs is 1. The van der Waals surface area contributed by atoms with Gasteiger partial charge in [-0.1, -0.05) is 6.92 Å². The number of rotatable bonds is 4. The van der Waals surface area contributed by atoms with E-state index < -0.39 is 0 Å². The SMILES string of the molecule is CCc1cc(-c2c[nH]c3ncc(-c4cnn(C5CCNCC5)c4)cc23)ncn1.